The lowest BCUT2D eigenvalue weighted by Crippen LogP contribution is -2.36. The van der Waals surface area contributed by atoms with Gasteiger partial charge in [0.2, 0.25) is 11.8 Å². The van der Waals surface area contributed by atoms with Crippen LogP contribution >= 0.6 is 0 Å². The first kappa shape index (κ1) is 19.3. The number of nitrogens with zero attached hydrogens (tertiary/aromatic N) is 3. The molecule has 0 spiro atoms. The van der Waals surface area contributed by atoms with Crippen LogP contribution in [0.3, 0.4) is 0 Å². The van der Waals surface area contributed by atoms with Crippen LogP contribution in [0.2, 0.25) is 0 Å². The Hall–Kier alpha value is -3.42. The molecule has 0 saturated heterocycles. The number of rotatable bonds is 6. The molecule has 0 radical (unpaired) electrons. The first-order valence-electron chi connectivity index (χ1n) is 8.71. The number of carbonyl (C=O) groups excluding carboxylic acids is 1. The van der Waals surface area contributed by atoms with Gasteiger partial charge in [-0.15, -0.1) is 10.2 Å². The molecule has 0 bridgehead atoms. The SMILES string of the molecule is Cc1nnc(CN(C)C(=O)NCc2ccc(Oc3ccc(F)cc3)c(C)c2)o1. The maximum absolute atomic E-state index is 13.0. The molecule has 0 saturated carbocycles. The van der Waals surface area contributed by atoms with Crippen LogP contribution in [0.1, 0.15) is 22.9 Å². The zero-order chi connectivity index (χ0) is 20.1. The second kappa shape index (κ2) is 8.51. The smallest absolute Gasteiger partial charge is 0.317 e. The number of carbonyl (C=O) groups is 1. The minimum absolute atomic E-state index is 0.232. The average Bonchev–Trinajstić information content (AvgIpc) is 3.08. The summed E-state index contributed by atoms with van der Waals surface area (Å²) in [7, 11) is 1.65. The molecular weight excluding hydrogens is 363 g/mol. The van der Waals surface area contributed by atoms with E-state index in [-0.39, 0.29) is 18.4 Å². The molecule has 3 rings (SSSR count). The standard InChI is InChI=1S/C20H21FN4O3/c1-13-10-15(4-9-18(13)28-17-7-5-16(21)6-8-17)11-22-20(26)25(3)12-19-24-23-14(2)27-19/h4-10H,11-12H2,1-3H3,(H,22,26). The largest absolute Gasteiger partial charge is 0.457 e. The van der Waals surface area contributed by atoms with Crippen molar-refractivity contribution >= 4 is 6.03 Å². The Morgan fingerprint density at radius 3 is 2.57 bits per heavy atom. The van der Waals surface area contributed by atoms with Crippen LogP contribution in [0.5, 0.6) is 11.5 Å². The van der Waals surface area contributed by atoms with E-state index in [1.165, 1.54) is 17.0 Å². The molecule has 0 aliphatic rings. The first-order chi connectivity index (χ1) is 13.4. The van der Waals surface area contributed by atoms with Crippen LogP contribution in [-0.4, -0.2) is 28.2 Å². The number of hydrogen-bond acceptors (Lipinski definition) is 5. The van der Waals surface area contributed by atoms with Crippen molar-refractivity contribution in [2.75, 3.05) is 7.05 Å². The second-order valence-corrected chi connectivity index (χ2v) is 6.39. The van der Waals surface area contributed by atoms with Crippen LogP contribution in [0.15, 0.2) is 46.9 Å². The Balaban J connectivity index is 1.55. The Morgan fingerprint density at radius 1 is 1.18 bits per heavy atom. The maximum atomic E-state index is 13.0. The van der Waals surface area contributed by atoms with E-state index in [2.05, 4.69) is 15.5 Å². The highest BCUT2D eigenvalue weighted by molar-refractivity contribution is 5.73. The van der Waals surface area contributed by atoms with E-state index in [1.807, 2.05) is 25.1 Å². The molecule has 146 valence electrons. The van der Waals surface area contributed by atoms with E-state index in [0.717, 1.165) is 11.1 Å². The third-order valence-corrected chi connectivity index (χ3v) is 4.01. The average molecular weight is 384 g/mol. The molecule has 1 heterocycles. The summed E-state index contributed by atoms with van der Waals surface area (Å²) < 4.78 is 24.0. The summed E-state index contributed by atoms with van der Waals surface area (Å²) in [6.07, 6.45) is 0. The maximum Gasteiger partial charge on any atom is 0.317 e. The van der Waals surface area contributed by atoms with Crippen LogP contribution in [-0.2, 0) is 13.1 Å². The minimum atomic E-state index is -0.311. The van der Waals surface area contributed by atoms with Gasteiger partial charge in [0.15, 0.2) is 0 Å². The van der Waals surface area contributed by atoms with Gasteiger partial charge in [-0.05, 0) is 48.4 Å². The van der Waals surface area contributed by atoms with E-state index in [4.69, 9.17) is 9.15 Å². The van der Waals surface area contributed by atoms with Gasteiger partial charge in [0.25, 0.3) is 0 Å². The van der Waals surface area contributed by atoms with Crippen LogP contribution in [0.25, 0.3) is 0 Å². The van der Waals surface area contributed by atoms with Crippen LogP contribution in [0, 0.1) is 19.7 Å². The van der Waals surface area contributed by atoms with Crippen LogP contribution < -0.4 is 10.1 Å². The molecule has 0 aliphatic carbocycles. The second-order valence-electron chi connectivity index (χ2n) is 6.39. The van der Waals surface area contributed by atoms with E-state index in [9.17, 15) is 9.18 Å². The predicted molar refractivity (Wildman–Crippen MR) is 100 cm³/mol. The molecule has 3 aromatic rings. The molecule has 28 heavy (non-hydrogen) atoms. The quantitative estimate of drug-likeness (QED) is 0.696. The molecule has 0 unspecified atom stereocenters. The van der Waals surface area contributed by atoms with Crippen molar-refractivity contribution in [1.82, 2.24) is 20.4 Å². The summed E-state index contributed by atoms with van der Waals surface area (Å²) in [5, 5.41) is 10.5. The zero-order valence-electron chi connectivity index (χ0n) is 15.9. The summed E-state index contributed by atoms with van der Waals surface area (Å²) in [5.74, 6) is 1.76. The molecule has 0 fully saturated rings. The van der Waals surface area contributed by atoms with Gasteiger partial charge in [0.05, 0.1) is 0 Å². The number of urea groups is 1. The Bertz CT molecular complexity index is 956. The van der Waals surface area contributed by atoms with Crippen molar-refractivity contribution in [3.63, 3.8) is 0 Å². The monoisotopic (exact) mass is 384 g/mol. The summed E-state index contributed by atoms with van der Waals surface area (Å²) in [6, 6.07) is 11.2. The summed E-state index contributed by atoms with van der Waals surface area (Å²) in [4.78, 5) is 13.7. The molecule has 7 nitrogen and oxygen atoms in total. The van der Waals surface area contributed by atoms with Gasteiger partial charge in [0, 0.05) is 20.5 Å². The molecule has 1 aromatic heterocycles. The van der Waals surface area contributed by atoms with Crippen molar-refractivity contribution in [3.05, 3.63) is 71.2 Å². The Morgan fingerprint density at radius 2 is 1.93 bits per heavy atom. The highest BCUT2D eigenvalue weighted by Gasteiger charge is 2.13. The Labute approximate surface area is 162 Å². The molecular formula is C20H21FN4O3. The number of hydrogen-bond donors (Lipinski definition) is 1. The molecule has 8 heteroatoms. The summed E-state index contributed by atoms with van der Waals surface area (Å²) in [5.41, 5.74) is 1.84. The van der Waals surface area contributed by atoms with Gasteiger partial charge < -0.3 is 19.4 Å². The lowest BCUT2D eigenvalue weighted by Gasteiger charge is -2.16. The normalized spacial score (nSPS) is 10.6. The zero-order valence-corrected chi connectivity index (χ0v) is 15.9. The van der Waals surface area contributed by atoms with Gasteiger partial charge in [-0.2, -0.15) is 0 Å². The van der Waals surface area contributed by atoms with Crippen molar-refractivity contribution in [2.24, 2.45) is 0 Å². The number of aromatic nitrogens is 2. The number of nitrogens with one attached hydrogen (secondary N) is 1. The number of aryl methyl sites for hydroxylation is 2. The fourth-order valence-electron chi connectivity index (χ4n) is 2.55. The number of ether oxygens (including phenoxy) is 1. The van der Waals surface area contributed by atoms with E-state index >= 15 is 0 Å². The van der Waals surface area contributed by atoms with E-state index < -0.39 is 0 Å². The van der Waals surface area contributed by atoms with Crippen LogP contribution in [0.4, 0.5) is 9.18 Å². The van der Waals surface area contributed by atoms with Crippen molar-refractivity contribution in [2.45, 2.75) is 26.9 Å². The van der Waals surface area contributed by atoms with Gasteiger partial charge in [-0.3, -0.25) is 0 Å². The van der Waals surface area contributed by atoms with Gasteiger partial charge >= 0.3 is 6.03 Å². The van der Waals surface area contributed by atoms with Gasteiger partial charge in [0.1, 0.15) is 23.9 Å². The third kappa shape index (κ3) is 5.06. The summed E-state index contributed by atoms with van der Waals surface area (Å²) >= 11 is 0. The molecule has 1 N–H and O–H groups in total. The van der Waals surface area contributed by atoms with Crippen molar-refractivity contribution in [3.8, 4) is 11.5 Å². The Kier molecular flexibility index (Phi) is 5.88. The van der Waals surface area contributed by atoms with Crippen molar-refractivity contribution < 1.29 is 18.3 Å². The number of benzene rings is 2. The fraction of sp³-hybridized carbons (Fsp3) is 0.250. The minimum Gasteiger partial charge on any atom is -0.457 e. The lowest BCUT2D eigenvalue weighted by molar-refractivity contribution is 0.201. The molecule has 0 aliphatic heterocycles. The molecule has 2 aromatic carbocycles. The van der Waals surface area contributed by atoms with Gasteiger partial charge in [-0.1, -0.05) is 12.1 Å². The highest BCUT2D eigenvalue weighted by Crippen LogP contribution is 2.26. The number of amides is 2. The predicted octanol–water partition coefficient (Wildman–Crippen LogP) is 3.96. The lowest BCUT2D eigenvalue weighted by atomic mass is 10.1. The van der Waals surface area contributed by atoms with E-state index in [0.29, 0.717) is 29.8 Å². The van der Waals surface area contributed by atoms with Crippen molar-refractivity contribution in [1.29, 1.82) is 0 Å². The molecule has 0 atom stereocenters. The fourth-order valence-corrected chi connectivity index (χ4v) is 2.55. The number of halogens is 1. The van der Waals surface area contributed by atoms with E-state index in [1.54, 1.807) is 26.1 Å². The highest BCUT2D eigenvalue weighted by atomic mass is 19.1. The van der Waals surface area contributed by atoms with Gasteiger partial charge in [-0.25, -0.2) is 9.18 Å². The molecule has 2 amide bonds. The summed E-state index contributed by atoms with van der Waals surface area (Å²) in [6.45, 7) is 4.20. The third-order valence-electron chi connectivity index (χ3n) is 4.01. The topological polar surface area (TPSA) is 80.5 Å². The first-order valence-corrected chi connectivity index (χ1v) is 8.71.